The number of benzene rings is 1. The summed E-state index contributed by atoms with van der Waals surface area (Å²) in [7, 11) is 0. The molecule has 1 aliphatic heterocycles. The number of anilines is 2. The third kappa shape index (κ3) is 6.25. The summed E-state index contributed by atoms with van der Waals surface area (Å²) in [6.07, 6.45) is -1.76. The predicted octanol–water partition coefficient (Wildman–Crippen LogP) is 2.88. The smallest absolute Gasteiger partial charge is 0.403 e. The van der Waals surface area contributed by atoms with Gasteiger partial charge >= 0.3 is 6.36 Å². The number of carbonyl (C=O) groups is 3. The predicted molar refractivity (Wildman–Crippen MR) is 129 cm³/mol. The lowest BCUT2D eigenvalue weighted by Crippen LogP contribution is -2.48. The fraction of sp³-hybridized carbons (Fsp3) is 0.292. The molecule has 3 rings (SSSR count). The van der Waals surface area contributed by atoms with Crippen molar-refractivity contribution in [1.82, 2.24) is 9.88 Å². The maximum atomic E-state index is 14.6. The average Bonchev–Trinajstić information content (AvgIpc) is 3.28. The lowest BCUT2D eigenvalue weighted by Gasteiger charge is -2.29. The van der Waals surface area contributed by atoms with E-state index in [0.717, 1.165) is 18.2 Å². The third-order valence-corrected chi connectivity index (χ3v) is 5.81. The lowest BCUT2D eigenvalue weighted by molar-refractivity contribution is -0.275. The minimum Gasteiger partial charge on any atom is -0.403 e. The van der Waals surface area contributed by atoms with Gasteiger partial charge in [-0.3, -0.25) is 24.8 Å². The topological polar surface area (TPSA) is 150 Å². The highest BCUT2D eigenvalue weighted by atomic mass is 19.4. The number of aromatic nitrogens is 1. The average molecular weight is 536 g/mol. The summed E-state index contributed by atoms with van der Waals surface area (Å²) in [4.78, 5) is 43.0. The van der Waals surface area contributed by atoms with Crippen LogP contribution in [0, 0.1) is 18.2 Å². The Bertz CT molecular complexity index is 1280. The van der Waals surface area contributed by atoms with Crippen LogP contribution in [0.1, 0.15) is 24.1 Å². The van der Waals surface area contributed by atoms with Crippen LogP contribution < -0.4 is 21.1 Å². The summed E-state index contributed by atoms with van der Waals surface area (Å²) in [5.74, 6) is -4.91. The van der Waals surface area contributed by atoms with Gasteiger partial charge in [-0.05, 0) is 38.0 Å². The molecule has 0 aliphatic carbocycles. The van der Waals surface area contributed by atoms with E-state index in [0.29, 0.717) is 12.1 Å². The van der Waals surface area contributed by atoms with E-state index in [-0.39, 0.29) is 24.2 Å². The van der Waals surface area contributed by atoms with Gasteiger partial charge in [-0.25, -0.2) is 4.39 Å². The molecule has 1 aromatic carbocycles. The number of hydrogen-bond donors (Lipinski definition) is 4. The number of alkyl halides is 3. The molecule has 2 heterocycles. The number of ether oxygens (including phenoxy) is 1. The first-order valence-electron chi connectivity index (χ1n) is 11.2. The maximum Gasteiger partial charge on any atom is 0.573 e. The zero-order chi connectivity index (χ0) is 28.2. The molecule has 10 nitrogen and oxygen atoms in total. The number of nitrogens with zero attached hydrogens (tertiary/aromatic N) is 2. The van der Waals surface area contributed by atoms with Gasteiger partial charge in [0.2, 0.25) is 11.8 Å². The summed E-state index contributed by atoms with van der Waals surface area (Å²) in [5.41, 5.74) is 4.90. The number of pyridine rings is 1. The van der Waals surface area contributed by atoms with Gasteiger partial charge in [0.25, 0.3) is 5.91 Å². The molecule has 38 heavy (non-hydrogen) atoms. The van der Waals surface area contributed by atoms with Crippen LogP contribution in [0.4, 0.5) is 28.9 Å². The van der Waals surface area contributed by atoms with Crippen molar-refractivity contribution in [3.8, 4) is 5.75 Å². The Balaban J connectivity index is 1.79. The van der Waals surface area contributed by atoms with Crippen LogP contribution >= 0.6 is 0 Å². The second-order valence-electron chi connectivity index (χ2n) is 8.26. The molecule has 2 aromatic rings. The lowest BCUT2D eigenvalue weighted by atomic mass is 10.1. The first-order chi connectivity index (χ1) is 17.8. The van der Waals surface area contributed by atoms with Crippen molar-refractivity contribution in [2.75, 3.05) is 17.2 Å². The first-order valence-corrected chi connectivity index (χ1v) is 11.2. The second-order valence-corrected chi connectivity index (χ2v) is 8.26. The van der Waals surface area contributed by atoms with Gasteiger partial charge in [-0.2, -0.15) is 0 Å². The number of primary amides is 1. The molecule has 14 heteroatoms. The van der Waals surface area contributed by atoms with Crippen molar-refractivity contribution in [2.24, 2.45) is 5.73 Å². The molecule has 202 valence electrons. The highest BCUT2D eigenvalue weighted by molar-refractivity contribution is 6.44. The van der Waals surface area contributed by atoms with Crippen LogP contribution in [-0.2, 0) is 14.4 Å². The quantitative estimate of drug-likeness (QED) is 0.220. The van der Waals surface area contributed by atoms with Gasteiger partial charge in [0, 0.05) is 11.8 Å². The number of rotatable bonds is 9. The summed E-state index contributed by atoms with van der Waals surface area (Å²) >= 11 is 0. The van der Waals surface area contributed by atoms with Crippen LogP contribution in [0.3, 0.4) is 0 Å². The molecule has 0 radical (unpaired) electrons. The number of likely N-dealkylation sites (tertiary alicyclic amines) is 1. The van der Waals surface area contributed by atoms with E-state index < -0.39 is 59.1 Å². The molecular formula is C24H24F4N6O4. The van der Waals surface area contributed by atoms with Crippen molar-refractivity contribution >= 4 is 34.8 Å². The number of nitrogens with two attached hydrogens (primary N) is 1. The Morgan fingerprint density at radius 2 is 2.00 bits per heavy atom. The van der Waals surface area contributed by atoms with Crippen LogP contribution in [0.5, 0.6) is 5.75 Å². The van der Waals surface area contributed by atoms with Crippen molar-refractivity contribution in [3.63, 3.8) is 0 Å². The number of halogens is 4. The van der Waals surface area contributed by atoms with Gasteiger partial charge in [0.15, 0.2) is 11.6 Å². The largest absolute Gasteiger partial charge is 0.573 e. The number of amides is 3. The van der Waals surface area contributed by atoms with Crippen LogP contribution in [0.2, 0.25) is 0 Å². The first kappa shape index (κ1) is 28.1. The summed E-state index contributed by atoms with van der Waals surface area (Å²) in [5, 5.41) is 13.0. The molecule has 1 aromatic heterocycles. The van der Waals surface area contributed by atoms with Crippen molar-refractivity contribution < 1.29 is 36.7 Å². The molecular weight excluding hydrogens is 512 g/mol. The molecule has 1 unspecified atom stereocenters. The fourth-order valence-corrected chi connectivity index (χ4v) is 4.10. The Hall–Kier alpha value is -4.49. The van der Waals surface area contributed by atoms with E-state index >= 15 is 0 Å². The zero-order valence-corrected chi connectivity index (χ0v) is 20.1. The zero-order valence-electron chi connectivity index (χ0n) is 20.1. The molecule has 0 bridgehead atoms. The molecule has 2 atom stereocenters. The van der Waals surface area contributed by atoms with Gasteiger partial charge < -0.3 is 26.0 Å². The molecule has 1 fully saturated rings. The Morgan fingerprint density at radius 1 is 1.29 bits per heavy atom. The van der Waals surface area contributed by atoms with E-state index in [1.165, 1.54) is 23.2 Å². The van der Waals surface area contributed by atoms with Crippen LogP contribution in [0.25, 0.3) is 0 Å². The summed E-state index contributed by atoms with van der Waals surface area (Å²) in [6.45, 7) is 4.90. The third-order valence-electron chi connectivity index (χ3n) is 5.81. The van der Waals surface area contributed by atoms with E-state index in [4.69, 9.17) is 11.1 Å². The molecule has 0 spiro atoms. The van der Waals surface area contributed by atoms with Gasteiger partial charge in [-0.15, -0.1) is 19.8 Å². The molecule has 5 N–H and O–H groups in total. The Kier molecular flexibility index (Phi) is 8.33. The summed E-state index contributed by atoms with van der Waals surface area (Å²) < 4.78 is 55.8. The van der Waals surface area contributed by atoms with Gasteiger partial charge in [0.05, 0.1) is 29.7 Å². The van der Waals surface area contributed by atoms with E-state index in [1.54, 1.807) is 6.92 Å². The number of hydrogen-bond acceptors (Lipinski definition) is 7. The molecule has 1 aliphatic rings. The van der Waals surface area contributed by atoms with Gasteiger partial charge in [0.1, 0.15) is 11.8 Å². The van der Waals surface area contributed by atoms with E-state index in [9.17, 15) is 31.9 Å². The normalized spacial score (nSPS) is 17.0. The van der Waals surface area contributed by atoms with Crippen LogP contribution in [-0.4, -0.2) is 58.3 Å². The minimum absolute atomic E-state index is 0.130. The van der Waals surface area contributed by atoms with Crippen molar-refractivity contribution in [2.45, 2.75) is 38.2 Å². The van der Waals surface area contributed by atoms with Crippen molar-refractivity contribution in [3.05, 3.63) is 60.2 Å². The van der Waals surface area contributed by atoms with Crippen molar-refractivity contribution in [1.29, 1.82) is 5.41 Å². The maximum absolute atomic E-state index is 14.6. The standard InChI is InChI=1S/C24H24F4N6O4/c1-3-13-7-8-16(23(37)33-15-5-4-6-17(19(15)25)38-24(26,27)28)34(13)18(35)11-32-21-12(2)31-10-9-14(21)20(29)22(30)36/h3-6,9-10,13,16,29,32H,1,7-8,11H2,2H3,(H2,30,36)(H,33,37)/t13?,16-/m0/s1. The highest BCUT2D eigenvalue weighted by Crippen LogP contribution is 2.31. The van der Waals surface area contributed by atoms with Gasteiger partial charge in [-0.1, -0.05) is 12.1 Å². The minimum atomic E-state index is -5.13. The van der Waals surface area contributed by atoms with Crippen LogP contribution in [0.15, 0.2) is 43.1 Å². The number of nitrogens with one attached hydrogen (secondary N) is 3. The molecule has 1 saturated heterocycles. The molecule has 0 saturated carbocycles. The highest BCUT2D eigenvalue weighted by Gasteiger charge is 2.40. The fourth-order valence-electron chi connectivity index (χ4n) is 4.10. The SMILES string of the molecule is C=CC1CC[C@@H](C(=O)Nc2cccc(OC(F)(F)F)c2F)N1C(=O)CNc1c(C(=N)C(N)=O)ccnc1C. The Labute approximate surface area is 214 Å². The summed E-state index contributed by atoms with van der Waals surface area (Å²) in [6, 6.07) is 2.64. The molecule has 3 amide bonds. The monoisotopic (exact) mass is 536 g/mol. The van der Waals surface area contributed by atoms with E-state index in [2.05, 4.69) is 26.9 Å². The number of carbonyl (C=O) groups excluding carboxylic acids is 3. The Morgan fingerprint density at radius 3 is 2.63 bits per heavy atom. The second kappa shape index (κ2) is 11.3. The van der Waals surface area contributed by atoms with E-state index in [1.807, 2.05) is 0 Å². The number of aryl methyl sites for hydroxylation is 1.